The van der Waals surface area contributed by atoms with Gasteiger partial charge in [0.25, 0.3) is 0 Å². The van der Waals surface area contributed by atoms with Crippen molar-refractivity contribution in [3.63, 3.8) is 0 Å². The quantitative estimate of drug-likeness (QED) is 0.805. The fourth-order valence-corrected chi connectivity index (χ4v) is 2.36. The van der Waals surface area contributed by atoms with E-state index in [2.05, 4.69) is 4.98 Å². The van der Waals surface area contributed by atoms with E-state index in [1.807, 2.05) is 34.9 Å². The number of hydrogen-bond donors (Lipinski definition) is 1. The first-order chi connectivity index (χ1) is 9.72. The van der Waals surface area contributed by atoms with Gasteiger partial charge < -0.3 is 14.2 Å². The lowest BCUT2D eigenvalue weighted by molar-refractivity contribution is 0.276. The Labute approximate surface area is 121 Å². The summed E-state index contributed by atoms with van der Waals surface area (Å²) in [5, 5.41) is 10.2. The predicted octanol–water partition coefficient (Wildman–Crippen LogP) is 3.16. The van der Waals surface area contributed by atoms with Crippen molar-refractivity contribution in [2.75, 3.05) is 7.11 Å². The van der Waals surface area contributed by atoms with Crippen LogP contribution in [0.15, 0.2) is 42.6 Å². The van der Waals surface area contributed by atoms with Gasteiger partial charge in [-0.25, -0.2) is 4.98 Å². The number of halogens is 1. The zero-order valence-corrected chi connectivity index (χ0v) is 11.6. The van der Waals surface area contributed by atoms with Crippen molar-refractivity contribution >= 4 is 17.2 Å². The molecule has 0 aliphatic heterocycles. The molecular formula is C15H13ClN2O2. The summed E-state index contributed by atoms with van der Waals surface area (Å²) >= 11 is 5.98. The summed E-state index contributed by atoms with van der Waals surface area (Å²) in [6.07, 6.45) is 1.81. The standard InChI is InChI=1S/C15H13ClN2O2/c1-20-12-4-2-10(3-5-12)15-13(9-19)18-7-6-11(16)8-14(18)17-15/h2-8,19H,9H2,1H3. The van der Waals surface area contributed by atoms with Crippen molar-refractivity contribution in [1.29, 1.82) is 0 Å². The molecular weight excluding hydrogens is 276 g/mol. The molecule has 1 N–H and O–H groups in total. The number of hydrogen-bond acceptors (Lipinski definition) is 3. The monoisotopic (exact) mass is 288 g/mol. The third kappa shape index (κ3) is 2.13. The van der Waals surface area contributed by atoms with Crippen LogP contribution in [0.2, 0.25) is 5.02 Å². The average Bonchev–Trinajstić information content (AvgIpc) is 2.84. The van der Waals surface area contributed by atoms with Crippen LogP contribution in [0.25, 0.3) is 16.9 Å². The van der Waals surface area contributed by atoms with Crippen LogP contribution in [0, 0.1) is 0 Å². The maximum atomic E-state index is 9.62. The van der Waals surface area contributed by atoms with Crippen LogP contribution in [-0.2, 0) is 6.61 Å². The molecule has 4 nitrogen and oxygen atoms in total. The fourth-order valence-electron chi connectivity index (χ4n) is 2.20. The second-order valence-electron chi connectivity index (χ2n) is 4.37. The molecule has 0 unspecified atom stereocenters. The van der Waals surface area contributed by atoms with Crippen LogP contribution in [0.5, 0.6) is 5.75 Å². The Morgan fingerprint density at radius 1 is 1.25 bits per heavy atom. The van der Waals surface area contributed by atoms with E-state index in [9.17, 15) is 5.11 Å². The maximum Gasteiger partial charge on any atom is 0.139 e. The second kappa shape index (κ2) is 5.15. The molecule has 0 bridgehead atoms. The number of aliphatic hydroxyl groups is 1. The molecule has 0 aliphatic rings. The van der Waals surface area contributed by atoms with Gasteiger partial charge >= 0.3 is 0 Å². The molecule has 0 amide bonds. The highest BCUT2D eigenvalue weighted by molar-refractivity contribution is 6.30. The third-order valence-corrected chi connectivity index (χ3v) is 3.44. The smallest absolute Gasteiger partial charge is 0.139 e. The number of benzene rings is 1. The largest absolute Gasteiger partial charge is 0.497 e. The molecule has 0 fully saturated rings. The molecule has 3 rings (SSSR count). The van der Waals surface area contributed by atoms with Crippen LogP contribution in [0.4, 0.5) is 0 Å². The zero-order chi connectivity index (χ0) is 14.1. The number of imidazole rings is 1. The van der Waals surface area contributed by atoms with Gasteiger partial charge in [0, 0.05) is 22.8 Å². The summed E-state index contributed by atoms with van der Waals surface area (Å²) in [6.45, 7) is -0.0931. The van der Waals surface area contributed by atoms with Crippen molar-refractivity contribution in [3.05, 3.63) is 53.3 Å². The van der Waals surface area contributed by atoms with Gasteiger partial charge in [0.15, 0.2) is 0 Å². The number of rotatable bonds is 3. The Morgan fingerprint density at radius 3 is 2.65 bits per heavy atom. The molecule has 5 heteroatoms. The van der Waals surface area contributed by atoms with E-state index < -0.39 is 0 Å². The van der Waals surface area contributed by atoms with Crippen molar-refractivity contribution in [1.82, 2.24) is 9.38 Å². The number of aromatic nitrogens is 2. The normalized spacial score (nSPS) is 10.9. The molecule has 3 aromatic rings. The molecule has 1 aromatic carbocycles. The van der Waals surface area contributed by atoms with Crippen molar-refractivity contribution in [2.24, 2.45) is 0 Å². The fraction of sp³-hybridized carbons (Fsp3) is 0.133. The first-order valence-electron chi connectivity index (χ1n) is 6.14. The summed E-state index contributed by atoms with van der Waals surface area (Å²) in [4.78, 5) is 4.55. The van der Waals surface area contributed by atoms with Crippen LogP contribution < -0.4 is 4.74 Å². The van der Waals surface area contributed by atoms with Crippen LogP contribution in [0.1, 0.15) is 5.69 Å². The zero-order valence-electron chi connectivity index (χ0n) is 10.9. The van der Waals surface area contributed by atoms with Gasteiger partial charge in [0.2, 0.25) is 0 Å². The van der Waals surface area contributed by atoms with E-state index >= 15 is 0 Å². The molecule has 2 heterocycles. The highest BCUT2D eigenvalue weighted by atomic mass is 35.5. The summed E-state index contributed by atoms with van der Waals surface area (Å²) in [5.41, 5.74) is 3.13. The molecule has 20 heavy (non-hydrogen) atoms. The van der Waals surface area contributed by atoms with Gasteiger partial charge in [0.05, 0.1) is 25.1 Å². The van der Waals surface area contributed by atoms with Gasteiger partial charge in [-0.2, -0.15) is 0 Å². The number of nitrogens with zero attached hydrogens (tertiary/aromatic N) is 2. The lowest BCUT2D eigenvalue weighted by Crippen LogP contribution is -1.93. The second-order valence-corrected chi connectivity index (χ2v) is 4.80. The van der Waals surface area contributed by atoms with Gasteiger partial charge in [0.1, 0.15) is 11.4 Å². The number of methoxy groups -OCH3 is 1. The lowest BCUT2D eigenvalue weighted by Gasteiger charge is -2.03. The topological polar surface area (TPSA) is 46.8 Å². The Hall–Kier alpha value is -2.04. The van der Waals surface area contributed by atoms with E-state index in [-0.39, 0.29) is 6.61 Å². The van der Waals surface area contributed by atoms with Crippen molar-refractivity contribution in [2.45, 2.75) is 6.61 Å². The Kier molecular flexibility index (Phi) is 3.34. The number of ether oxygens (including phenoxy) is 1. The Balaban J connectivity index is 2.18. The van der Waals surface area contributed by atoms with E-state index in [0.29, 0.717) is 10.7 Å². The molecule has 102 valence electrons. The molecule has 0 radical (unpaired) electrons. The first-order valence-corrected chi connectivity index (χ1v) is 6.52. The van der Waals surface area contributed by atoms with Crippen molar-refractivity contribution in [3.8, 4) is 17.0 Å². The molecule has 0 saturated heterocycles. The highest BCUT2D eigenvalue weighted by Gasteiger charge is 2.13. The molecule has 2 aromatic heterocycles. The summed E-state index contributed by atoms with van der Waals surface area (Å²) in [6, 6.07) is 11.1. The minimum absolute atomic E-state index is 0.0931. The molecule has 0 spiro atoms. The third-order valence-electron chi connectivity index (χ3n) is 3.20. The van der Waals surface area contributed by atoms with Gasteiger partial charge in [-0.05, 0) is 30.3 Å². The minimum atomic E-state index is -0.0931. The first kappa shape index (κ1) is 13.0. The van der Waals surface area contributed by atoms with Crippen LogP contribution in [-0.4, -0.2) is 21.6 Å². The Bertz CT molecular complexity index is 750. The van der Waals surface area contributed by atoms with Crippen LogP contribution in [0.3, 0.4) is 0 Å². The average molecular weight is 289 g/mol. The SMILES string of the molecule is COc1ccc(-c2nc3cc(Cl)ccn3c2CO)cc1. The van der Waals surface area contributed by atoms with Crippen molar-refractivity contribution < 1.29 is 9.84 Å². The predicted molar refractivity (Wildman–Crippen MR) is 78.1 cm³/mol. The van der Waals surface area contributed by atoms with E-state index in [0.717, 1.165) is 22.7 Å². The van der Waals surface area contributed by atoms with Gasteiger partial charge in [-0.1, -0.05) is 11.6 Å². The van der Waals surface area contributed by atoms with Gasteiger partial charge in [-0.15, -0.1) is 0 Å². The number of pyridine rings is 1. The Morgan fingerprint density at radius 2 is 2.00 bits per heavy atom. The van der Waals surface area contributed by atoms with E-state index in [1.165, 1.54) is 0 Å². The summed E-state index contributed by atoms with van der Waals surface area (Å²) in [5.74, 6) is 0.783. The summed E-state index contributed by atoms with van der Waals surface area (Å²) in [7, 11) is 1.63. The van der Waals surface area contributed by atoms with E-state index in [1.54, 1.807) is 19.2 Å². The van der Waals surface area contributed by atoms with Crippen LogP contribution >= 0.6 is 11.6 Å². The maximum absolute atomic E-state index is 9.62. The van der Waals surface area contributed by atoms with E-state index in [4.69, 9.17) is 16.3 Å². The molecule has 0 saturated carbocycles. The highest BCUT2D eigenvalue weighted by Crippen LogP contribution is 2.27. The summed E-state index contributed by atoms with van der Waals surface area (Å²) < 4.78 is 6.98. The molecule has 0 atom stereocenters. The van der Waals surface area contributed by atoms with Gasteiger partial charge in [-0.3, -0.25) is 0 Å². The molecule has 0 aliphatic carbocycles. The lowest BCUT2D eigenvalue weighted by atomic mass is 10.1. The minimum Gasteiger partial charge on any atom is -0.497 e. The number of fused-ring (bicyclic) bond motifs is 1. The number of aliphatic hydroxyl groups excluding tert-OH is 1.